The van der Waals surface area contributed by atoms with E-state index >= 15 is 0 Å². The summed E-state index contributed by atoms with van der Waals surface area (Å²) in [6.07, 6.45) is 0.943. The van der Waals surface area contributed by atoms with E-state index in [0.717, 1.165) is 0 Å². The summed E-state index contributed by atoms with van der Waals surface area (Å²) in [5.41, 5.74) is -3.13. The minimum atomic E-state index is -1.53. The molecule has 0 radical (unpaired) electrons. The summed E-state index contributed by atoms with van der Waals surface area (Å²) in [7, 11) is 1.51. The van der Waals surface area contributed by atoms with Gasteiger partial charge in [-0.05, 0) is 33.2 Å². The Kier molecular flexibility index (Phi) is 5.65. The molecule has 0 amide bonds. The number of aliphatic hydroxyl groups is 1. The third-order valence-electron chi connectivity index (χ3n) is 4.25. The predicted molar refractivity (Wildman–Crippen MR) is 78.5 cm³/mol. The quantitative estimate of drug-likeness (QED) is 0.891. The molecule has 2 rings (SSSR count). The highest BCUT2D eigenvalue weighted by molar-refractivity contribution is 5.96. The molecular weight excluding hydrogens is 319 g/mol. The number of hydrogen-bond acceptors (Lipinski definition) is 3. The second kappa shape index (κ2) is 6.56. The zero-order chi connectivity index (χ0) is 15.8. The third-order valence-corrected chi connectivity index (χ3v) is 4.25. The summed E-state index contributed by atoms with van der Waals surface area (Å²) in [4.78, 5) is 12.5. The maximum atomic E-state index is 13.8. The summed E-state index contributed by atoms with van der Waals surface area (Å²) >= 11 is 0. The molecule has 124 valence electrons. The van der Waals surface area contributed by atoms with Gasteiger partial charge in [-0.15, -0.1) is 12.4 Å². The molecule has 2 N–H and O–H groups in total. The Balaban J connectivity index is 0.00000242. The van der Waals surface area contributed by atoms with Gasteiger partial charge in [0, 0.05) is 24.1 Å². The molecule has 1 saturated carbocycles. The smallest absolute Gasteiger partial charge is 0.184 e. The van der Waals surface area contributed by atoms with Crippen LogP contribution in [-0.4, -0.2) is 29.1 Å². The molecule has 22 heavy (non-hydrogen) atoms. The second-order valence-electron chi connectivity index (χ2n) is 5.81. The van der Waals surface area contributed by atoms with E-state index in [9.17, 15) is 23.1 Å². The molecule has 1 aliphatic carbocycles. The first-order chi connectivity index (χ1) is 9.72. The van der Waals surface area contributed by atoms with Crippen LogP contribution in [0, 0.1) is 17.5 Å². The van der Waals surface area contributed by atoms with Gasteiger partial charge >= 0.3 is 0 Å². The molecule has 1 aliphatic rings. The van der Waals surface area contributed by atoms with Crippen LogP contribution in [0.1, 0.15) is 31.7 Å². The van der Waals surface area contributed by atoms with E-state index in [1.165, 1.54) is 14.0 Å². The molecule has 0 bridgehead atoms. The number of Topliss-reactive ketones (excluding diaryl/α,β-unsaturated/α-hetero) is 1. The standard InChI is InChI=1S/C15H18F3NO2.ClH/c1-14(21)4-3-5-15(19-2,13(14)20)8-10-11(17)6-9(16)7-12(10)18;/h6-7,19,21H,3-5,8H2,1-2H3;1H. The summed E-state index contributed by atoms with van der Waals surface area (Å²) < 4.78 is 40.6. The maximum Gasteiger partial charge on any atom is 0.184 e. The van der Waals surface area contributed by atoms with Gasteiger partial charge in [-0.25, -0.2) is 13.2 Å². The number of ketones is 1. The van der Waals surface area contributed by atoms with E-state index in [1.807, 2.05) is 0 Å². The normalized spacial score (nSPS) is 28.4. The van der Waals surface area contributed by atoms with Crippen molar-refractivity contribution >= 4 is 18.2 Å². The number of benzene rings is 1. The molecule has 0 aromatic heterocycles. The molecule has 1 aromatic carbocycles. The summed E-state index contributed by atoms with van der Waals surface area (Å²) in [6.45, 7) is 1.40. The number of likely N-dealkylation sites (N-methyl/N-ethyl adjacent to an activating group) is 1. The van der Waals surface area contributed by atoms with Gasteiger partial charge in [0.2, 0.25) is 0 Å². The fraction of sp³-hybridized carbons (Fsp3) is 0.533. The Labute approximate surface area is 133 Å². The monoisotopic (exact) mass is 337 g/mol. The second-order valence-corrected chi connectivity index (χ2v) is 5.81. The van der Waals surface area contributed by atoms with Crippen LogP contribution in [0.2, 0.25) is 0 Å². The van der Waals surface area contributed by atoms with Gasteiger partial charge in [-0.1, -0.05) is 0 Å². The van der Waals surface area contributed by atoms with E-state index in [-0.39, 0.29) is 24.4 Å². The molecule has 1 fully saturated rings. The number of nitrogens with one attached hydrogen (secondary N) is 1. The van der Waals surface area contributed by atoms with E-state index < -0.39 is 34.4 Å². The third kappa shape index (κ3) is 3.29. The molecule has 2 atom stereocenters. The van der Waals surface area contributed by atoms with E-state index in [2.05, 4.69) is 5.32 Å². The fourth-order valence-electron chi connectivity index (χ4n) is 3.02. The van der Waals surface area contributed by atoms with Crippen LogP contribution in [0.25, 0.3) is 0 Å². The largest absolute Gasteiger partial charge is 0.382 e. The average Bonchev–Trinajstić information content (AvgIpc) is 2.39. The molecular formula is C15H19ClF3NO2. The van der Waals surface area contributed by atoms with Crippen molar-refractivity contribution in [3.05, 3.63) is 35.1 Å². The van der Waals surface area contributed by atoms with Crippen LogP contribution in [0.5, 0.6) is 0 Å². The Hall–Kier alpha value is -1.11. The zero-order valence-corrected chi connectivity index (χ0v) is 13.2. The lowest BCUT2D eigenvalue weighted by Crippen LogP contribution is -2.62. The lowest BCUT2D eigenvalue weighted by atomic mass is 9.70. The molecule has 3 nitrogen and oxygen atoms in total. The molecule has 0 saturated heterocycles. The summed E-state index contributed by atoms with van der Waals surface area (Å²) in [6, 6.07) is 1.18. The van der Waals surface area contributed by atoms with Gasteiger partial charge in [0.05, 0.1) is 5.54 Å². The fourth-order valence-corrected chi connectivity index (χ4v) is 3.02. The first-order valence-corrected chi connectivity index (χ1v) is 6.81. The Morgan fingerprint density at radius 1 is 1.23 bits per heavy atom. The van der Waals surface area contributed by atoms with Crippen LogP contribution in [-0.2, 0) is 11.2 Å². The van der Waals surface area contributed by atoms with Crippen LogP contribution in [0.4, 0.5) is 13.2 Å². The van der Waals surface area contributed by atoms with E-state index in [1.54, 1.807) is 0 Å². The molecule has 7 heteroatoms. The van der Waals surface area contributed by atoms with Gasteiger partial charge in [-0.3, -0.25) is 4.79 Å². The first-order valence-electron chi connectivity index (χ1n) is 6.81. The molecule has 1 aromatic rings. The molecule has 0 heterocycles. The van der Waals surface area contributed by atoms with Crippen LogP contribution in [0.3, 0.4) is 0 Å². The highest BCUT2D eigenvalue weighted by atomic mass is 35.5. The van der Waals surface area contributed by atoms with Crippen LogP contribution >= 0.6 is 12.4 Å². The first kappa shape index (κ1) is 18.9. The van der Waals surface area contributed by atoms with Crippen molar-refractivity contribution in [2.24, 2.45) is 0 Å². The van der Waals surface area contributed by atoms with Crippen LogP contribution in [0.15, 0.2) is 12.1 Å². The van der Waals surface area contributed by atoms with E-state index in [4.69, 9.17) is 0 Å². The van der Waals surface area contributed by atoms with Gasteiger partial charge in [-0.2, -0.15) is 0 Å². The van der Waals surface area contributed by atoms with Crippen molar-refractivity contribution in [3.8, 4) is 0 Å². The molecule has 0 aliphatic heterocycles. The Bertz CT molecular complexity index is 557. The van der Waals surface area contributed by atoms with Gasteiger partial charge in [0.1, 0.15) is 23.1 Å². The lowest BCUT2D eigenvalue weighted by Gasteiger charge is -2.42. The molecule has 2 unspecified atom stereocenters. The topological polar surface area (TPSA) is 49.3 Å². The number of carbonyl (C=O) groups excluding carboxylic acids is 1. The lowest BCUT2D eigenvalue weighted by molar-refractivity contribution is -0.147. The summed E-state index contributed by atoms with van der Waals surface area (Å²) in [5.74, 6) is -3.55. The number of halogens is 4. The van der Waals surface area contributed by atoms with Crippen molar-refractivity contribution in [2.45, 2.75) is 43.7 Å². The Morgan fingerprint density at radius 3 is 2.27 bits per heavy atom. The highest BCUT2D eigenvalue weighted by Crippen LogP contribution is 2.35. The van der Waals surface area contributed by atoms with Gasteiger partial charge in [0.15, 0.2) is 5.78 Å². The van der Waals surface area contributed by atoms with Crippen molar-refractivity contribution in [1.82, 2.24) is 5.32 Å². The minimum absolute atomic E-state index is 0. The zero-order valence-electron chi connectivity index (χ0n) is 12.4. The Morgan fingerprint density at radius 2 is 1.77 bits per heavy atom. The van der Waals surface area contributed by atoms with Crippen molar-refractivity contribution in [1.29, 1.82) is 0 Å². The van der Waals surface area contributed by atoms with Gasteiger partial charge < -0.3 is 10.4 Å². The highest BCUT2D eigenvalue weighted by Gasteiger charge is 2.49. The minimum Gasteiger partial charge on any atom is -0.382 e. The average molecular weight is 338 g/mol. The predicted octanol–water partition coefficient (Wildman–Crippen LogP) is 2.53. The van der Waals surface area contributed by atoms with Crippen molar-refractivity contribution in [2.75, 3.05) is 7.05 Å². The van der Waals surface area contributed by atoms with E-state index in [0.29, 0.717) is 31.4 Å². The summed E-state index contributed by atoms with van der Waals surface area (Å²) in [5, 5.41) is 12.9. The number of carbonyl (C=O) groups is 1. The van der Waals surface area contributed by atoms with Gasteiger partial charge in [0.25, 0.3) is 0 Å². The van der Waals surface area contributed by atoms with Crippen LogP contribution < -0.4 is 5.32 Å². The number of rotatable bonds is 3. The maximum absolute atomic E-state index is 13.8. The van der Waals surface area contributed by atoms with Crippen molar-refractivity contribution < 1.29 is 23.1 Å². The molecule has 0 spiro atoms. The number of hydrogen-bond donors (Lipinski definition) is 2. The SMILES string of the molecule is CNC1(Cc2c(F)cc(F)cc2F)CCCC(C)(O)C1=O.Cl. The van der Waals surface area contributed by atoms with Crippen molar-refractivity contribution in [3.63, 3.8) is 0 Å².